The van der Waals surface area contributed by atoms with Crippen LogP contribution in [-0.4, -0.2) is 27.8 Å². The zero-order valence-corrected chi connectivity index (χ0v) is 16.2. The van der Waals surface area contributed by atoms with Crippen LogP contribution in [0.15, 0.2) is 40.6 Å². The first-order valence-electron chi connectivity index (χ1n) is 9.30. The average Bonchev–Trinajstić information content (AvgIpc) is 3.39. The first-order chi connectivity index (χ1) is 13.2. The van der Waals surface area contributed by atoms with Gasteiger partial charge in [-0.3, -0.25) is 4.79 Å². The molecule has 28 heavy (non-hydrogen) atoms. The molecule has 0 amide bonds. The Morgan fingerprint density at radius 1 is 1.25 bits per heavy atom. The standard InChI is InChI=1S/C22H23N3O3/c1-12(2)18-19(17(9-22(28)4-5-22)13(3)25-21(18)27)20(26)16-7-14(10-23)6-15(8-16)11-24/h6-8,12,21,25,27-28H,4-5,9H2,1-3H3. The smallest absolute Gasteiger partial charge is 0.193 e. The van der Waals surface area contributed by atoms with Crippen LogP contribution >= 0.6 is 0 Å². The lowest BCUT2D eigenvalue weighted by Gasteiger charge is -2.32. The van der Waals surface area contributed by atoms with Crippen molar-refractivity contribution in [2.45, 2.75) is 51.9 Å². The van der Waals surface area contributed by atoms with Gasteiger partial charge in [-0.2, -0.15) is 10.5 Å². The van der Waals surface area contributed by atoms with Crippen molar-refractivity contribution in [1.29, 1.82) is 10.5 Å². The number of aliphatic hydroxyl groups is 2. The molecule has 6 heteroatoms. The lowest BCUT2D eigenvalue weighted by molar-refractivity contribution is 0.101. The Bertz CT molecular complexity index is 953. The summed E-state index contributed by atoms with van der Waals surface area (Å²) in [4.78, 5) is 13.5. The second kappa shape index (κ2) is 7.24. The van der Waals surface area contributed by atoms with Crippen molar-refractivity contribution in [3.8, 4) is 12.1 Å². The summed E-state index contributed by atoms with van der Waals surface area (Å²) in [7, 11) is 0. The Hall–Kier alpha value is -2.93. The number of carbonyl (C=O) groups excluding carboxylic acids is 1. The van der Waals surface area contributed by atoms with Gasteiger partial charge < -0.3 is 15.5 Å². The lowest BCUT2D eigenvalue weighted by Crippen LogP contribution is -2.38. The van der Waals surface area contributed by atoms with Crippen molar-refractivity contribution in [1.82, 2.24) is 5.32 Å². The first-order valence-corrected chi connectivity index (χ1v) is 9.30. The number of nitrogens with one attached hydrogen (secondary N) is 1. The van der Waals surface area contributed by atoms with E-state index in [-0.39, 0.29) is 28.4 Å². The van der Waals surface area contributed by atoms with Crippen LogP contribution < -0.4 is 5.32 Å². The maximum Gasteiger partial charge on any atom is 0.193 e. The quantitative estimate of drug-likeness (QED) is 0.679. The predicted molar refractivity (Wildman–Crippen MR) is 103 cm³/mol. The fraction of sp³-hybridized carbons (Fsp3) is 0.409. The molecule has 3 rings (SSSR count). The van der Waals surface area contributed by atoms with Crippen LogP contribution in [0.2, 0.25) is 0 Å². The largest absolute Gasteiger partial charge is 0.390 e. The minimum Gasteiger partial charge on any atom is -0.390 e. The zero-order valence-electron chi connectivity index (χ0n) is 16.2. The average molecular weight is 377 g/mol. The number of hydrogen-bond donors (Lipinski definition) is 3. The van der Waals surface area contributed by atoms with Crippen LogP contribution in [0.4, 0.5) is 0 Å². The van der Waals surface area contributed by atoms with Crippen molar-refractivity contribution in [3.05, 3.63) is 57.3 Å². The normalized spacial score (nSPS) is 20.5. The van der Waals surface area contributed by atoms with E-state index >= 15 is 0 Å². The van der Waals surface area contributed by atoms with E-state index in [0.717, 1.165) is 0 Å². The molecule has 0 spiro atoms. The third-order valence-electron chi connectivity index (χ3n) is 5.33. The molecule has 0 aromatic heterocycles. The van der Waals surface area contributed by atoms with E-state index in [1.54, 1.807) is 6.92 Å². The molecule has 0 bridgehead atoms. The molecule has 1 saturated carbocycles. The van der Waals surface area contributed by atoms with Gasteiger partial charge in [-0.05, 0) is 55.0 Å². The fourth-order valence-corrected chi connectivity index (χ4v) is 3.64. The van der Waals surface area contributed by atoms with Crippen molar-refractivity contribution in [3.63, 3.8) is 0 Å². The summed E-state index contributed by atoms with van der Waals surface area (Å²) in [6, 6.07) is 8.31. The van der Waals surface area contributed by atoms with Crippen molar-refractivity contribution >= 4 is 5.78 Å². The second-order valence-electron chi connectivity index (χ2n) is 7.89. The highest BCUT2D eigenvalue weighted by Gasteiger charge is 2.44. The number of aliphatic hydroxyl groups excluding tert-OH is 1. The maximum absolute atomic E-state index is 13.5. The zero-order chi connectivity index (χ0) is 20.6. The molecule has 1 aromatic rings. The summed E-state index contributed by atoms with van der Waals surface area (Å²) in [5, 5.41) is 42.5. The predicted octanol–water partition coefficient (Wildman–Crippen LogP) is 2.68. The van der Waals surface area contributed by atoms with Crippen molar-refractivity contribution < 1.29 is 15.0 Å². The minimum atomic E-state index is -1.01. The summed E-state index contributed by atoms with van der Waals surface area (Å²) in [5.74, 6) is -0.468. The summed E-state index contributed by atoms with van der Waals surface area (Å²) >= 11 is 0. The number of carbonyl (C=O) groups is 1. The number of Topliss-reactive ketones (excluding diaryl/α,β-unsaturated/α-hetero) is 1. The van der Waals surface area contributed by atoms with Gasteiger partial charge >= 0.3 is 0 Å². The molecule has 1 unspecified atom stereocenters. The number of dihydropyridines is 1. The van der Waals surface area contributed by atoms with Gasteiger partial charge in [0.2, 0.25) is 0 Å². The van der Waals surface area contributed by atoms with Crippen LogP contribution in [0, 0.1) is 28.6 Å². The number of hydrogen-bond acceptors (Lipinski definition) is 6. The molecular weight excluding hydrogens is 354 g/mol. The Balaban J connectivity index is 2.18. The molecule has 1 fully saturated rings. The highest BCUT2D eigenvalue weighted by atomic mass is 16.3. The Morgan fingerprint density at radius 2 is 1.82 bits per heavy atom. The van der Waals surface area contributed by atoms with Gasteiger partial charge in [-0.1, -0.05) is 13.8 Å². The van der Waals surface area contributed by atoms with E-state index in [2.05, 4.69) is 5.32 Å². The van der Waals surface area contributed by atoms with Crippen LogP contribution in [-0.2, 0) is 0 Å². The van der Waals surface area contributed by atoms with Gasteiger partial charge in [0.05, 0.1) is 28.9 Å². The van der Waals surface area contributed by atoms with Gasteiger partial charge in [0.25, 0.3) is 0 Å². The van der Waals surface area contributed by atoms with Crippen LogP contribution in [0.25, 0.3) is 0 Å². The highest BCUT2D eigenvalue weighted by Crippen LogP contribution is 2.45. The van der Waals surface area contributed by atoms with Gasteiger partial charge in [-0.15, -0.1) is 0 Å². The first kappa shape index (κ1) is 19.8. The molecule has 1 heterocycles. The van der Waals surface area contributed by atoms with Crippen LogP contribution in [0.3, 0.4) is 0 Å². The SMILES string of the molecule is CC1=C(CC2(O)CC2)C(C(=O)c2cc(C#N)cc(C#N)c2)=C(C(C)C)C(O)N1. The molecule has 1 atom stereocenters. The Morgan fingerprint density at radius 3 is 2.29 bits per heavy atom. The fourth-order valence-electron chi connectivity index (χ4n) is 3.64. The van der Waals surface area contributed by atoms with E-state index in [0.29, 0.717) is 41.7 Å². The number of benzene rings is 1. The lowest BCUT2D eigenvalue weighted by atomic mass is 9.81. The van der Waals surface area contributed by atoms with E-state index in [1.807, 2.05) is 26.0 Å². The van der Waals surface area contributed by atoms with E-state index in [1.165, 1.54) is 18.2 Å². The molecule has 0 radical (unpaired) electrons. The second-order valence-corrected chi connectivity index (χ2v) is 7.89. The molecule has 1 aliphatic carbocycles. The van der Waals surface area contributed by atoms with Crippen LogP contribution in [0.1, 0.15) is 61.5 Å². The summed E-state index contributed by atoms with van der Waals surface area (Å²) < 4.78 is 0. The molecule has 1 aromatic carbocycles. The number of allylic oxidation sites excluding steroid dienone is 2. The Labute approximate surface area is 164 Å². The minimum absolute atomic E-state index is 0.118. The molecule has 3 N–H and O–H groups in total. The topological polar surface area (TPSA) is 117 Å². The number of nitrogens with zero attached hydrogens (tertiary/aromatic N) is 2. The molecular formula is C22H23N3O3. The van der Waals surface area contributed by atoms with E-state index < -0.39 is 11.8 Å². The molecule has 2 aliphatic rings. The Kier molecular flexibility index (Phi) is 5.12. The van der Waals surface area contributed by atoms with Gasteiger partial charge in [-0.25, -0.2) is 0 Å². The maximum atomic E-state index is 13.5. The number of nitriles is 2. The van der Waals surface area contributed by atoms with Crippen LogP contribution in [0.5, 0.6) is 0 Å². The third-order valence-corrected chi connectivity index (χ3v) is 5.33. The van der Waals surface area contributed by atoms with Gasteiger partial charge in [0, 0.05) is 23.3 Å². The summed E-state index contributed by atoms with van der Waals surface area (Å²) in [6.45, 7) is 5.56. The van der Waals surface area contributed by atoms with Gasteiger partial charge in [0.15, 0.2) is 5.78 Å². The molecule has 144 valence electrons. The highest BCUT2D eigenvalue weighted by molar-refractivity contribution is 6.13. The summed E-state index contributed by atoms with van der Waals surface area (Å²) in [5.41, 5.74) is 2.12. The number of ketones is 1. The van der Waals surface area contributed by atoms with Crippen molar-refractivity contribution in [2.75, 3.05) is 0 Å². The molecule has 1 aliphatic heterocycles. The molecule has 0 saturated heterocycles. The van der Waals surface area contributed by atoms with E-state index in [4.69, 9.17) is 0 Å². The molecule has 6 nitrogen and oxygen atoms in total. The van der Waals surface area contributed by atoms with Crippen molar-refractivity contribution in [2.24, 2.45) is 5.92 Å². The third kappa shape index (κ3) is 3.71. The van der Waals surface area contributed by atoms with E-state index in [9.17, 15) is 25.5 Å². The monoisotopic (exact) mass is 377 g/mol. The number of rotatable bonds is 5. The summed E-state index contributed by atoms with van der Waals surface area (Å²) in [6.07, 6.45) is 0.658. The van der Waals surface area contributed by atoms with Gasteiger partial charge in [0.1, 0.15) is 6.23 Å².